The number of pyridine rings is 1. The highest BCUT2D eigenvalue weighted by Gasteiger charge is 2.16. The number of aromatic nitrogens is 1. The summed E-state index contributed by atoms with van der Waals surface area (Å²) in [6, 6.07) is 5.72. The Hall–Kier alpha value is -1.89. The fourth-order valence-electron chi connectivity index (χ4n) is 1.50. The van der Waals surface area contributed by atoms with Crippen LogP contribution in [-0.2, 0) is 0 Å². The molecule has 0 radical (unpaired) electrons. The first-order chi connectivity index (χ1) is 8.08. The Labute approximate surface area is 102 Å². The van der Waals surface area contributed by atoms with E-state index >= 15 is 0 Å². The summed E-state index contributed by atoms with van der Waals surface area (Å²) in [5.74, 6) is -0.223. The van der Waals surface area contributed by atoms with Crippen LogP contribution in [0.2, 0.25) is 0 Å². The van der Waals surface area contributed by atoms with Gasteiger partial charge in [-0.15, -0.1) is 0 Å². The Bertz CT molecular complexity index is 419. The maximum Gasteiger partial charge on any atom is 0.255 e. The van der Waals surface area contributed by atoms with Crippen molar-refractivity contribution in [1.29, 1.82) is 5.26 Å². The molecule has 0 saturated carbocycles. The van der Waals surface area contributed by atoms with Crippen LogP contribution in [0.25, 0.3) is 0 Å². The molecule has 0 spiro atoms. The SMILES string of the molecule is CCN(CC(C)C#N)C(=O)c1ccc(C)nc1. The molecule has 4 nitrogen and oxygen atoms in total. The van der Waals surface area contributed by atoms with Crippen LogP contribution >= 0.6 is 0 Å². The van der Waals surface area contributed by atoms with Crippen molar-refractivity contribution in [2.24, 2.45) is 5.92 Å². The van der Waals surface area contributed by atoms with E-state index in [0.717, 1.165) is 5.69 Å². The summed E-state index contributed by atoms with van der Waals surface area (Å²) in [5.41, 5.74) is 1.46. The Morgan fingerprint density at radius 3 is 2.76 bits per heavy atom. The van der Waals surface area contributed by atoms with Crippen molar-refractivity contribution in [1.82, 2.24) is 9.88 Å². The lowest BCUT2D eigenvalue weighted by Crippen LogP contribution is -2.34. The molecule has 1 aromatic heterocycles. The van der Waals surface area contributed by atoms with Gasteiger partial charge in [0, 0.05) is 25.0 Å². The van der Waals surface area contributed by atoms with Gasteiger partial charge < -0.3 is 4.90 Å². The molecule has 0 bridgehead atoms. The quantitative estimate of drug-likeness (QED) is 0.796. The summed E-state index contributed by atoms with van der Waals surface area (Å²) >= 11 is 0. The second kappa shape index (κ2) is 6.00. The number of carbonyl (C=O) groups excluding carboxylic acids is 1. The molecule has 0 fully saturated rings. The maximum absolute atomic E-state index is 12.1. The number of nitrogens with zero attached hydrogens (tertiary/aromatic N) is 3. The molecule has 0 N–H and O–H groups in total. The van der Waals surface area contributed by atoms with Crippen LogP contribution in [0.5, 0.6) is 0 Å². The molecule has 1 unspecified atom stereocenters. The number of nitriles is 1. The van der Waals surface area contributed by atoms with Gasteiger partial charge in [0.05, 0.1) is 17.6 Å². The molecule has 1 aromatic rings. The molecule has 0 saturated heterocycles. The zero-order chi connectivity index (χ0) is 12.8. The molecule has 1 heterocycles. The third kappa shape index (κ3) is 3.56. The van der Waals surface area contributed by atoms with Crippen LogP contribution in [-0.4, -0.2) is 28.9 Å². The third-order valence-electron chi connectivity index (χ3n) is 2.54. The molecule has 0 aliphatic rings. The first kappa shape index (κ1) is 13.2. The zero-order valence-corrected chi connectivity index (χ0v) is 10.5. The Morgan fingerprint density at radius 2 is 2.29 bits per heavy atom. The van der Waals surface area contributed by atoms with E-state index in [1.807, 2.05) is 26.8 Å². The normalized spacial score (nSPS) is 11.6. The summed E-state index contributed by atoms with van der Waals surface area (Å²) < 4.78 is 0. The second-order valence-corrected chi connectivity index (χ2v) is 4.06. The number of amides is 1. The highest BCUT2D eigenvalue weighted by Crippen LogP contribution is 2.07. The minimum atomic E-state index is -0.155. The van der Waals surface area contributed by atoms with Crippen LogP contribution in [0.3, 0.4) is 0 Å². The van der Waals surface area contributed by atoms with Crippen LogP contribution < -0.4 is 0 Å². The number of rotatable bonds is 4. The molecule has 1 amide bonds. The zero-order valence-electron chi connectivity index (χ0n) is 10.5. The molecular weight excluding hydrogens is 214 g/mol. The van der Waals surface area contributed by atoms with Gasteiger partial charge in [-0.25, -0.2) is 0 Å². The van der Waals surface area contributed by atoms with Crippen LogP contribution in [0, 0.1) is 24.2 Å². The lowest BCUT2D eigenvalue weighted by molar-refractivity contribution is 0.0752. The smallest absolute Gasteiger partial charge is 0.255 e. The fourth-order valence-corrected chi connectivity index (χ4v) is 1.50. The number of hydrogen-bond donors (Lipinski definition) is 0. The monoisotopic (exact) mass is 231 g/mol. The average molecular weight is 231 g/mol. The topological polar surface area (TPSA) is 57.0 Å². The maximum atomic E-state index is 12.1. The largest absolute Gasteiger partial charge is 0.338 e. The molecule has 90 valence electrons. The van der Waals surface area contributed by atoms with E-state index in [1.165, 1.54) is 0 Å². The van der Waals surface area contributed by atoms with E-state index < -0.39 is 0 Å². The van der Waals surface area contributed by atoms with Crippen molar-refractivity contribution >= 4 is 5.91 Å². The van der Waals surface area contributed by atoms with E-state index in [0.29, 0.717) is 18.7 Å². The van der Waals surface area contributed by atoms with Crippen LogP contribution in [0.4, 0.5) is 0 Å². The molecule has 0 aliphatic carbocycles. The first-order valence-corrected chi connectivity index (χ1v) is 5.70. The average Bonchev–Trinajstić information content (AvgIpc) is 2.35. The standard InChI is InChI=1S/C13H17N3O/c1-4-16(9-10(2)7-14)13(17)12-6-5-11(3)15-8-12/h5-6,8,10H,4,9H2,1-3H3. The minimum absolute atomic E-state index is 0.0675. The van der Waals surface area contributed by atoms with Gasteiger partial charge in [-0.3, -0.25) is 9.78 Å². The fraction of sp³-hybridized carbons (Fsp3) is 0.462. The number of aryl methyl sites for hydroxylation is 1. The molecular formula is C13H17N3O. The number of hydrogen-bond acceptors (Lipinski definition) is 3. The van der Waals surface area contributed by atoms with E-state index in [2.05, 4.69) is 11.1 Å². The third-order valence-corrected chi connectivity index (χ3v) is 2.54. The molecule has 17 heavy (non-hydrogen) atoms. The van der Waals surface area contributed by atoms with Crippen molar-refractivity contribution in [3.63, 3.8) is 0 Å². The highest BCUT2D eigenvalue weighted by atomic mass is 16.2. The van der Waals surface area contributed by atoms with Crippen LogP contribution in [0.1, 0.15) is 29.9 Å². The Morgan fingerprint density at radius 1 is 1.59 bits per heavy atom. The van der Waals surface area contributed by atoms with Crippen molar-refractivity contribution < 1.29 is 4.79 Å². The van der Waals surface area contributed by atoms with Gasteiger partial charge in [0.25, 0.3) is 5.91 Å². The lowest BCUT2D eigenvalue weighted by atomic mass is 10.1. The van der Waals surface area contributed by atoms with Crippen LogP contribution in [0.15, 0.2) is 18.3 Å². The van der Waals surface area contributed by atoms with E-state index in [4.69, 9.17) is 5.26 Å². The first-order valence-electron chi connectivity index (χ1n) is 5.70. The van der Waals surface area contributed by atoms with Gasteiger partial charge in [0.2, 0.25) is 0 Å². The summed E-state index contributed by atoms with van der Waals surface area (Å²) in [6.07, 6.45) is 1.58. The molecule has 0 aliphatic heterocycles. The van der Waals surface area contributed by atoms with Gasteiger partial charge in [-0.2, -0.15) is 5.26 Å². The Kier molecular flexibility index (Phi) is 4.65. The molecule has 0 aromatic carbocycles. The van der Waals surface area contributed by atoms with Gasteiger partial charge in [-0.1, -0.05) is 0 Å². The van der Waals surface area contributed by atoms with Crippen molar-refractivity contribution in [2.75, 3.05) is 13.1 Å². The van der Waals surface area contributed by atoms with Crippen molar-refractivity contribution in [3.05, 3.63) is 29.6 Å². The molecule has 1 rings (SSSR count). The predicted molar refractivity (Wildman–Crippen MR) is 65.3 cm³/mol. The summed E-state index contributed by atoms with van der Waals surface area (Å²) in [4.78, 5) is 17.9. The Balaban J connectivity index is 2.79. The van der Waals surface area contributed by atoms with Crippen molar-refractivity contribution in [3.8, 4) is 6.07 Å². The van der Waals surface area contributed by atoms with E-state index in [1.54, 1.807) is 17.2 Å². The number of carbonyl (C=O) groups is 1. The van der Waals surface area contributed by atoms with E-state index in [9.17, 15) is 4.79 Å². The molecule has 1 atom stereocenters. The highest BCUT2D eigenvalue weighted by molar-refractivity contribution is 5.93. The van der Waals surface area contributed by atoms with Gasteiger partial charge in [0.15, 0.2) is 0 Å². The van der Waals surface area contributed by atoms with E-state index in [-0.39, 0.29) is 11.8 Å². The predicted octanol–water partition coefficient (Wildman–Crippen LogP) is 2.01. The minimum Gasteiger partial charge on any atom is -0.338 e. The molecule has 4 heteroatoms. The summed E-state index contributed by atoms with van der Waals surface area (Å²) in [6.45, 7) is 6.65. The summed E-state index contributed by atoms with van der Waals surface area (Å²) in [5, 5.41) is 8.77. The second-order valence-electron chi connectivity index (χ2n) is 4.06. The van der Waals surface area contributed by atoms with Crippen molar-refractivity contribution in [2.45, 2.75) is 20.8 Å². The van der Waals surface area contributed by atoms with Gasteiger partial charge >= 0.3 is 0 Å². The van der Waals surface area contributed by atoms with Gasteiger partial charge in [0.1, 0.15) is 0 Å². The summed E-state index contributed by atoms with van der Waals surface area (Å²) in [7, 11) is 0. The lowest BCUT2D eigenvalue weighted by Gasteiger charge is -2.21. The van der Waals surface area contributed by atoms with Gasteiger partial charge in [-0.05, 0) is 32.9 Å².